The zero-order valence-electron chi connectivity index (χ0n) is 9.36. The Bertz CT molecular complexity index is 156. The van der Waals surface area contributed by atoms with Crippen LogP contribution in [0.1, 0.15) is 20.8 Å². The van der Waals surface area contributed by atoms with E-state index in [1.165, 1.54) is 0 Å². The van der Waals surface area contributed by atoms with Crippen molar-refractivity contribution in [3.8, 4) is 0 Å². The van der Waals surface area contributed by atoms with Crippen LogP contribution in [0.4, 0.5) is 4.39 Å². The molecule has 4 heteroatoms. The van der Waals surface area contributed by atoms with Gasteiger partial charge in [0.1, 0.15) is 6.67 Å². The molecule has 0 saturated heterocycles. The van der Waals surface area contributed by atoms with Gasteiger partial charge in [-0.3, -0.25) is 0 Å². The van der Waals surface area contributed by atoms with Gasteiger partial charge >= 0.3 is 0 Å². The van der Waals surface area contributed by atoms with Crippen LogP contribution in [-0.4, -0.2) is 27.6 Å². The van der Waals surface area contributed by atoms with E-state index in [2.05, 4.69) is 33.9 Å². The molecular formula is C9H22FNOSi. The minimum absolute atomic E-state index is 0.170. The number of hydrogen-bond donors (Lipinski definition) is 1. The fraction of sp³-hybridized carbons (Fsp3) is 1.00. The number of alkyl halides is 1. The van der Waals surface area contributed by atoms with E-state index in [1.807, 2.05) is 0 Å². The highest BCUT2D eigenvalue weighted by Crippen LogP contribution is 2.36. The largest absolute Gasteiger partial charge is 0.415 e. The van der Waals surface area contributed by atoms with Crippen molar-refractivity contribution in [3.05, 3.63) is 0 Å². The summed E-state index contributed by atoms with van der Waals surface area (Å²) in [7, 11) is -1.73. The molecule has 0 aromatic rings. The summed E-state index contributed by atoms with van der Waals surface area (Å²) in [5.74, 6) is 0. The fourth-order valence-electron chi connectivity index (χ4n) is 0.576. The Morgan fingerprint density at radius 2 is 1.85 bits per heavy atom. The molecule has 80 valence electrons. The molecule has 1 atom stereocenters. The molecule has 0 aromatic carbocycles. The van der Waals surface area contributed by atoms with Gasteiger partial charge in [-0.05, 0) is 18.1 Å². The third-order valence-corrected chi connectivity index (χ3v) is 7.16. The Kier molecular flexibility index (Phi) is 4.55. The van der Waals surface area contributed by atoms with E-state index >= 15 is 0 Å². The minimum Gasteiger partial charge on any atom is -0.415 e. The van der Waals surface area contributed by atoms with Crippen molar-refractivity contribution in [1.82, 2.24) is 0 Å². The van der Waals surface area contributed by atoms with Crippen LogP contribution in [0.15, 0.2) is 0 Å². The molecule has 2 nitrogen and oxygen atoms in total. The maximum atomic E-state index is 12.1. The summed E-state index contributed by atoms with van der Waals surface area (Å²) in [5.41, 5.74) is 5.45. The predicted molar refractivity (Wildman–Crippen MR) is 57.1 cm³/mol. The summed E-state index contributed by atoms with van der Waals surface area (Å²) in [6, 6.07) is -0.464. The van der Waals surface area contributed by atoms with Crippen LogP contribution in [0.2, 0.25) is 18.1 Å². The molecule has 0 fully saturated rings. The third kappa shape index (κ3) is 4.20. The van der Waals surface area contributed by atoms with Gasteiger partial charge in [0, 0.05) is 0 Å². The maximum absolute atomic E-state index is 12.1. The first-order valence-electron chi connectivity index (χ1n) is 4.66. The van der Waals surface area contributed by atoms with Gasteiger partial charge in [-0.1, -0.05) is 20.8 Å². The summed E-state index contributed by atoms with van der Waals surface area (Å²) in [5, 5.41) is 0.170. The van der Waals surface area contributed by atoms with Crippen LogP contribution in [-0.2, 0) is 4.43 Å². The van der Waals surface area contributed by atoms with E-state index in [1.54, 1.807) is 0 Å². The Morgan fingerprint density at radius 3 is 2.15 bits per heavy atom. The highest BCUT2D eigenvalue weighted by atomic mass is 28.4. The molecule has 0 aliphatic carbocycles. The minimum atomic E-state index is -1.73. The zero-order valence-corrected chi connectivity index (χ0v) is 10.4. The molecule has 0 spiro atoms. The normalized spacial score (nSPS) is 15.9. The number of hydrogen-bond acceptors (Lipinski definition) is 2. The van der Waals surface area contributed by atoms with Gasteiger partial charge in [0.15, 0.2) is 8.32 Å². The van der Waals surface area contributed by atoms with Gasteiger partial charge < -0.3 is 10.2 Å². The summed E-state index contributed by atoms with van der Waals surface area (Å²) < 4.78 is 17.8. The Hall–Kier alpha value is 0.0669. The van der Waals surface area contributed by atoms with E-state index in [0.717, 1.165) is 0 Å². The lowest BCUT2D eigenvalue weighted by Crippen LogP contribution is -2.44. The highest BCUT2D eigenvalue weighted by Gasteiger charge is 2.37. The van der Waals surface area contributed by atoms with Crippen LogP contribution in [0.3, 0.4) is 0 Å². The smallest absolute Gasteiger partial charge is 0.192 e. The quantitative estimate of drug-likeness (QED) is 0.718. The van der Waals surface area contributed by atoms with E-state index in [4.69, 9.17) is 10.2 Å². The summed E-state index contributed by atoms with van der Waals surface area (Å²) >= 11 is 0. The number of nitrogens with two attached hydrogens (primary N) is 1. The van der Waals surface area contributed by atoms with E-state index < -0.39 is 21.0 Å². The van der Waals surface area contributed by atoms with E-state index in [-0.39, 0.29) is 5.04 Å². The number of rotatable bonds is 4. The average Bonchev–Trinajstić information content (AvgIpc) is 1.98. The SMILES string of the molecule is CC(C)(C)[Si](C)(C)OC[C@H](N)CF. The molecule has 0 amide bonds. The van der Waals surface area contributed by atoms with Gasteiger partial charge in [-0.2, -0.15) is 0 Å². The van der Waals surface area contributed by atoms with Crippen LogP contribution >= 0.6 is 0 Å². The van der Waals surface area contributed by atoms with Crippen LogP contribution in [0.25, 0.3) is 0 Å². The lowest BCUT2D eigenvalue weighted by molar-refractivity contribution is 0.241. The molecule has 0 heterocycles. The van der Waals surface area contributed by atoms with Gasteiger partial charge in [0.25, 0.3) is 0 Å². The third-order valence-electron chi connectivity index (χ3n) is 2.66. The average molecular weight is 207 g/mol. The van der Waals surface area contributed by atoms with Crippen molar-refractivity contribution in [2.75, 3.05) is 13.3 Å². The Morgan fingerprint density at radius 1 is 1.38 bits per heavy atom. The maximum Gasteiger partial charge on any atom is 0.192 e. The van der Waals surface area contributed by atoms with E-state index in [9.17, 15) is 4.39 Å². The second-order valence-corrected chi connectivity index (χ2v) is 9.79. The van der Waals surface area contributed by atoms with Gasteiger partial charge in [0.2, 0.25) is 0 Å². The molecule has 13 heavy (non-hydrogen) atoms. The second-order valence-electron chi connectivity index (χ2n) is 4.99. The molecule has 0 bridgehead atoms. The molecule has 0 aliphatic rings. The van der Waals surface area contributed by atoms with Crippen LogP contribution in [0.5, 0.6) is 0 Å². The zero-order chi connectivity index (χ0) is 10.7. The topological polar surface area (TPSA) is 35.2 Å². The second kappa shape index (κ2) is 4.53. The Labute approximate surface area is 81.8 Å². The van der Waals surface area contributed by atoms with Crippen LogP contribution in [0, 0.1) is 0 Å². The molecular weight excluding hydrogens is 185 g/mol. The standard InChI is InChI=1S/C9H22FNOSi/c1-9(2,3)13(4,5)12-7-8(11)6-10/h8H,6-7,11H2,1-5H3/t8-/m1/s1. The van der Waals surface area contributed by atoms with Crippen molar-refractivity contribution < 1.29 is 8.82 Å². The molecule has 0 rings (SSSR count). The molecule has 0 unspecified atom stereocenters. The molecule has 2 N–H and O–H groups in total. The lowest BCUT2D eigenvalue weighted by atomic mass is 10.2. The van der Waals surface area contributed by atoms with Crippen molar-refractivity contribution in [1.29, 1.82) is 0 Å². The van der Waals surface area contributed by atoms with Crippen molar-refractivity contribution >= 4 is 8.32 Å². The van der Waals surface area contributed by atoms with Crippen molar-refractivity contribution in [3.63, 3.8) is 0 Å². The molecule has 0 saturated carbocycles. The molecule has 0 radical (unpaired) electrons. The molecule has 0 aromatic heterocycles. The fourth-order valence-corrected chi connectivity index (χ4v) is 1.64. The monoisotopic (exact) mass is 207 g/mol. The van der Waals surface area contributed by atoms with E-state index in [0.29, 0.717) is 6.61 Å². The van der Waals surface area contributed by atoms with Crippen LogP contribution < -0.4 is 5.73 Å². The van der Waals surface area contributed by atoms with Gasteiger partial charge in [-0.25, -0.2) is 4.39 Å². The predicted octanol–water partition coefficient (Wildman–Crippen LogP) is 2.31. The van der Waals surface area contributed by atoms with Crippen molar-refractivity contribution in [2.45, 2.75) is 44.9 Å². The Balaban J connectivity index is 4.04. The molecule has 0 aliphatic heterocycles. The lowest BCUT2D eigenvalue weighted by Gasteiger charge is -2.36. The summed E-state index contributed by atoms with van der Waals surface area (Å²) in [6.07, 6.45) is 0. The highest BCUT2D eigenvalue weighted by molar-refractivity contribution is 6.74. The summed E-state index contributed by atoms with van der Waals surface area (Å²) in [6.45, 7) is 10.6. The summed E-state index contributed by atoms with van der Waals surface area (Å²) in [4.78, 5) is 0. The van der Waals surface area contributed by atoms with Crippen molar-refractivity contribution in [2.24, 2.45) is 5.73 Å². The first-order chi connectivity index (χ1) is 5.70. The first kappa shape index (κ1) is 13.1. The first-order valence-corrected chi connectivity index (χ1v) is 7.57. The number of halogens is 1. The van der Waals surface area contributed by atoms with Gasteiger partial charge in [0.05, 0.1) is 12.6 Å². The van der Waals surface area contributed by atoms with Gasteiger partial charge in [-0.15, -0.1) is 0 Å².